The molecule has 3 saturated heterocycles. The molecule has 15 atom stereocenters. The van der Waals surface area contributed by atoms with E-state index in [4.69, 9.17) is 37.6 Å². The molecule has 4 heterocycles. The predicted molar refractivity (Wildman–Crippen MR) is 214 cm³/mol. The molecule has 4 aromatic rings. The van der Waals surface area contributed by atoms with Crippen LogP contribution in [0.2, 0.25) is 0 Å². The summed E-state index contributed by atoms with van der Waals surface area (Å²) in [7, 11) is 0. The Morgan fingerprint density at radius 2 is 1.25 bits per heavy atom. The molecule has 0 aliphatic carbocycles. The van der Waals surface area contributed by atoms with E-state index in [1.165, 1.54) is 38.1 Å². The standard InChI is InChI=1S/C42H46O23/c1-14-28(49)32(53)35(56)40(59-14)61-18-11-23(47)27-24(12-18)62-37(17-5-7-20(44)22(46)10-17)38(31(27)52)64-42-39(65-41-36(57)33(54)29(50)15(2)60-41)34(55)30(51)25(63-42)13-58-26(48)8-4-16-3-6-19(43)21(45)9-16/h3-12,14-15,25,28-30,32-36,39-47,49-51,53-57H,13H2,1-2H3/b8-4+/t14?,15?,25?,28-,29-,30+,32?,33?,34?,35-,36-,39?,40-,41-,42-/m0/s1. The van der Waals surface area contributed by atoms with Gasteiger partial charge in [0, 0.05) is 23.8 Å². The Hall–Kier alpha value is -5.80. The van der Waals surface area contributed by atoms with Gasteiger partial charge in [-0.3, -0.25) is 4.79 Å². The summed E-state index contributed by atoms with van der Waals surface area (Å²) >= 11 is 0. The maximum Gasteiger partial charge on any atom is 0.330 e. The second-order valence-corrected chi connectivity index (χ2v) is 15.5. The molecular formula is C42H46O23. The number of ether oxygens (including phenoxy) is 7. The summed E-state index contributed by atoms with van der Waals surface area (Å²) in [5.41, 5.74) is -1.48. The van der Waals surface area contributed by atoms with Gasteiger partial charge >= 0.3 is 5.97 Å². The number of phenols is 5. The first-order chi connectivity index (χ1) is 30.7. The third kappa shape index (κ3) is 9.62. The number of carbonyl (C=O) groups excluding carboxylic acids is 1. The van der Waals surface area contributed by atoms with Crippen LogP contribution in [0.3, 0.4) is 0 Å². The van der Waals surface area contributed by atoms with Gasteiger partial charge in [-0.25, -0.2) is 4.79 Å². The number of fused-ring (bicyclic) bond motifs is 1. The fourth-order valence-electron chi connectivity index (χ4n) is 7.23. The molecule has 0 amide bonds. The molecule has 7 unspecified atom stereocenters. The number of esters is 1. The van der Waals surface area contributed by atoms with E-state index in [-0.39, 0.29) is 16.9 Å². The van der Waals surface area contributed by atoms with Crippen LogP contribution in [0, 0.1) is 0 Å². The maximum atomic E-state index is 14.5. The highest BCUT2D eigenvalue weighted by Crippen LogP contribution is 2.41. The van der Waals surface area contributed by atoms with E-state index in [0.717, 1.165) is 36.4 Å². The van der Waals surface area contributed by atoms with Gasteiger partial charge in [0.2, 0.25) is 23.8 Å². The molecule has 3 aliphatic heterocycles. The molecule has 3 fully saturated rings. The normalized spacial score (nSPS) is 32.9. The van der Waals surface area contributed by atoms with Gasteiger partial charge in [0.15, 0.2) is 41.2 Å². The van der Waals surface area contributed by atoms with E-state index >= 15 is 0 Å². The molecule has 1 aromatic heterocycles. The van der Waals surface area contributed by atoms with Crippen molar-refractivity contribution < 1.29 is 109 Å². The summed E-state index contributed by atoms with van der Waals surface area (Å²) in [5.74, 6) is -5.68. The second-order valence-electron chi connectivity index (χ2n) is 15.5. The first-order valence-electron chi connectivity index (χ1n) is 19.9. The van der Waals surface area contributed by atoms with Crippen molar-refractivity contribution in [1.82, 2.24) is 0 Å². The number of phenolic OH excluding ortho intramolecular Hbond substituents is 5. The summed E-state index contributed by atoms with van der Waals surface area (Å²) < 4.78 is 45.9. The number of aromatic hydroxyl groups is 5. The fourth-order valence-corrected chi connectivity index (χ4v) is 7.23. The number of aliphatic hydroxyl groups excluding tert-OH is 8. The molecule has 7 rings (SSSR count). The molecule has 65 heavy (non-hydrogen) atoms. The molecule has 23 heteroatoms. The van der Waals surface area contributed by atoms with Crippen molar-refractivity contribution in [3.05, 3.63) is 70.4 Å². The molecule has 0 bridgehead atoms. The Morgan fingerprint density at radius 3 is 1.89 bits per heavy atom. The lowest BCUT2D eigenvalue weighted by Gasteiger charge is -2.45. The monoisotopic (exact) mass is 918 g/mol. The summed E-state index contributed by atoms with van der Waals surface area (Å²) in [4.78, 5) is 27.3. The van der Waals surface area contributed by atoms with Crippen LogP contribution >= 0.6 is 0 Å². The molecule has 0 saturated carbocycles. The molecule has 0 radical (unpaired) electrons. The SMILES string of the molecule is CC1O[C@@H](Oc2cc(O)c3c(=O)c(O[C@@H]4OC(COC(=O)/C=C/c5ccc(O)c(O)c5)[C@@H](O)C(O)C4O[C@@H]4OC(C)[C@H](O)C(O)[C@@H]4O)c(-c4ccc(O)c(O)c4)oc3c2)[C@@H](O)C(O)[C@H]1O. The van der Waals surface area contributed by atoms with E-state index in [1.54, 1.807) is 0 Å². The van der Waals surface area contributed by atoms with Gasteiger partial charge in [-0.1, -0.05) is 6.07 Å². The first-order valence-corrected chi connectivity index (χ1v) is 19.9. The summed E-state index contributed by atoms with van der Waals surface area (Å²) in [6.45, 7) is 1.93. The average molecular weight is 919 g/mol. The fraction of sp³-hybridized carbons (Fsp3) is 0.429. The van der Waals surface area contributed by atoms with E-state index in [2.05, 4.69) is 0 Å². The van der Waals surface area contributed by atoms with Gasteiger partial charge in [-0.2, -0.15) is 0 Å². The van der Waals surface area contributed by atoms with Crippen molar-refractivity contribution in [2.45, 2.75) is 106 Å². The van der Waals surface area contributed by atoms with E-state index in [9.17, 15) is 76.0 Å². The highest BCUT2D eigenvalue weighted by molar-refractivity contribution is 5.89. The minimum absolute atomic E-state index is 0.165. The highest BCUT2D eigenvalue weighted by atomic mass is 16.8. The summed E-state index contributed by atoms with van der Waals surface area (Å²) in [6, 6.07) is 8.85. The van der Waals surface area contributed by atoms with Crippen LogP contribution in [0.25, 0.3) is 28.4 Å². The van der Waals surface area contributed by atoms with Gasteiger partial charge in [-0.15, -0.1) is 0 Å². The minimum Gasteiger partial charge on any atom is -0.507 e. The quantitative estimate of drug-likeness (QED) is 0.0462. The molecule has 0 spiro atoms. The van der Waals surface area contributed by atoms with Gasteiger partial charge < -0.3 is 104 Å². The van der Waals surface area contributed by atoms with Crippen LogP contribution in [-0.2, 0) is 28.5 Å². The lowest BCUT2D eigenvalue weighted by Crippen LogP contribution is -2.64. The number of carbonyl (C=O) groups is 1. The van der Waals surface area contributed by atoms with Crippen LogP contribution in [-0.4, -0.2) is 171 Å². The Labute approximate surface area is 365 Å². The predicted octanol–water partition coefficient (Wildman–Crippen LogP) is -1.51. The number of rotatable bonds is 11. The van der Waals surface area contributed by atoms with Crippen LogP contribution in [0.15, 0.2) is 63.8 Å². The van der Waals surface area contributed by atoms with Crippen molar-refractivity contribution >= 4 is 23.0 Å². The third-order valence-corrected chi connectivity index (χ3v) is 11.0. The molecule has 23 nitrogen and oxygen atoms in total. The van der Waals surface area contributed by atoms with Crippen LogP contribution in [0.1, 0.15) is 19.4 Å². The van der Waals surface area contributed by atoms with Gasteiger partial charge in [-0.05, 0) is 55.8 Å². The number of hydrogen-bond acceptors (Lipinski definition) is 23. The molecule has 3 aliphatic rings. The molecule has 3 aromatic carbocycles. The number of benzene rings is 3. The number of aliphatic hydroxyl groups is 8. The van der Waals surface area contributed by atoms with Crippen LogP contribution in [0.4, 0.5) is 0 Å². The smallest absolute Gasteiger partial charge is 0.330 e. The molecular weight excluding hydrogens is 872 g/mol. The van der Waals surface area contributed by atoms with Crippen molar-refractivity contribution in [3.63, 3.8) is 0 Å². The Kier molecular flexibility index (Phi) is 13.8. The zero-order valence-corrected chi connectivity index (χ0v) is 34.0. The average Bonchev–Trinajstić information content (AvgIpc) is 3.26. The van der Waals surface area contributed by atoms with Crippen molar-refractivity contribution in [3.8, 4) is 51.6 Å². The molecule has 13 N–H and O–H groups in total. The van der Waals surface area contributed by atoms with E-state index in [0.29, 0.717) is 0 Å². The van der Waals surface area contributed by atoms with Crippen molar-refractivity contribution in [2.75, 3.05) is 6.61 Å². The lowest BCUT2D eigenvalue weighted by molar-refractivity contribution is -0.354. The molecule has 352 valence electrons. The van der Waals surface area contributed by atoms with Gasteiger partial charge in [0.25, 0.3) is 0 Å². The highest BCUT2D eigenvalue weighted by Gasteiger charge is 2.52. The zero-order chi connectivity index (χ0) is 47.2. The second kappa shape index (κ2) is 19.0. The van der Waals surface area contributed by atoms with Gasteiger partial charge in [0.1, 0.15) is 84.0 Å². The van der Waals surface area contributed by atoms with Crippen LogP contribution in [0.5, 0.6) is 40.2 Å². The number of hydrogen-bond donors (Lipinski definition) is 13. The largest absolute Gasteiger partial charge is 0.507 e. The van der Waals surface area contributed by atoms with Crippen LogP contribution < -0.4 is 14.9 Å². The van der Waals surface area contributed by atoms with Crippen molar-refractivity contribution in [1.29, 1.82) is 0 Å². The van der Waals surface area contributed by atoms with E-state index in [1.807, 2.05) is 0 Å². The first kappa shape index (κ1) is 47.2. The van der Waals surface area contributed by atoms with Gasteiger partial charge in [0.05, 0.1) is 12.2 Å². The van der Waals surface area contributed by atoms with Crippen molar-refractivity contribution in [2.24, 2.45) is 0 Å². The maximum absolute atomic E-state index is 14.5. The Morgan fingerprint density at radius 1 is 0.631 bits per heavy atom. The van der Waals surface area contributed by atoms with E-state index < -0.39 is 161 Å². The summed E-state index contributed by atoms with van der Waals surface area (Å²) in [5, 5.41) is 136. The Balaban J connectivity index is 1.26. The minimum atomic E-state index is -2.11. The zero-order valence-electron chi connectivity index (χ0n) is 34.0. The Bertz CT molecular complexity index is 2460. The summed E-state index contributed by atoms with van der Waals surface area (Å²) in [6.07, 6.45) is -23.7. The third-order valence-electron chi connectivity index (χ3n) is 11.0. The lowest BCUT2D eigenvalue weighted by atomic mass is 9.97. The topological polar surface area (TPSA) is 375 Å².